The van der Waals surface area contributed by atoms with Crippen molar-refractivity contribution in [2.45, 2.75) is 26.8 Å². The van der Waals surface area contributed by atoms with E-state index in [1.807, 2.05) is 32.9 Å². The van der Waals surface area contributed by atoms with Crippen LogP contribution in [0.1, 0.15) is 29.8 Å². The zero-order chi connectivity index (χ0) is 16.8. The van der Waals surface area contributed by atoms with Crippen LogP contribution in [-0.4, -0.2) is 27.8 Å². The van der Waals surface area contributed by atoms with Crippen LogP contribution in [0.15, 0.2) is 42.7 Å². The number of carbonyl (C=O) groups is 2. The Bertz CT molecular complexity index is 669. The second-order valence-electron chi connectivity index (χ2n) is 5.62. The van der Waals surface area contributed by atoms with Gasteiger partial charge in [-0.25, -0.2) is 9.97 Å². The number of benzene rings is 1. The molecule has 2 N–H and O–H groups in total. The van der Waals surface area contributed by atoms with Gasteiger partial charge in [-0.3, -0.25) is 14.9 Å². The molecular formula is C17H20N4O2. The lowest BCUT2D eigenvalue weighted by atomic mass is 10.0. The SMILES string of the molecule is Cc1ccc(C(=O)N[C@@H](C(=O)Nc2ncccn2)C(C)C)cc1. The maximum Gasteiger partial charge on any atom is 0.251 e. The topological polar surface area (TPSA) is 84.0 Å². The van der Waals surface area contributed by atoms with Crippen molar-refractivity contribution in [3.8, 4) is 0 Å². The highest BCUT2D eigenvalue weighted by Gasteiger charge is 2.25. The van der Waals surface area contributed by atoms with Gasteiger partial charge in [0.15, 0.2) is 0 Å². The van der Waals surface area contributed by atoms with Crippen molar-refractivity contribution < 1.29 is 9.59 Å². The average Bonchev–Trinajstić information content (AvgIpc) is 2.53. The second kappa shape index (κ2) is 7.49. The van der Waals surface area contributed by atoms with Crippen LogP contribution in [0.3, 0.4) is 0 Å². The van der Waals surface area contributed by atoms with Gasteiger partial charge in [0.05, 0.1) is 0 Å². The first-order chi connectivity index (χ1) is 11.0. The third-order valence-electron chi connectivity index (χ3n) is 3.35. The predicted molar refractivity (Wildman–Crippen MR) is 87.9 cm³/mol. The summed E-state index contributed by atoms with van der Waals surface area (Å²) in [6.07, 6.45) is 3.08. The highest BCUT2D eigenvalue weighted by Crippen LogP contribution is 2.08. The van der Waals surface area contributed by atoms with Crippen LogP contribution < -0.4 is 10.6 Å². The zero-order valence-electron chi connectivity index (χ0n) is 13.4. The summed E-state index contributed by atoms with van der Waals surface area (Å²) in [5, 5.41) is 5.38. The van der Waals surface area contributed by atoms with Gasteiger partial charge in [0.1, 0.15) is 6.04 Å². The molecule has 0 bridgehead atoms. The largest absolute Gasteiger partial charge is 0.340 e. The molecule has 2 amide bonds. The summed E-state index contributed by atoms with van der Waals surface area (Å²) < 4.78 is 0. The molecular weight excluding hydrogens is 292 g/mol. The van der Waals surface area contributed by atoms with Crippen LogP contribution in [-0.2, 0) is 4.79 Å². The van der Waals surface area contributed by atoms with Crippen molar-refractivity contribution in [3.63, 3.8) is 0 Å². The van der Waals surface area contributed by atoms with E-state index in [1.54, 1.807) is 18.2 Å². The Morgan fingerprint density at radius 1 is 1.04 bits per heavy atom. The van der Waals surface area contributed by atoms with E-state index < -0.39 is 6.04 Å². The highest BCUT2D eigenvalue weighted by atomic mass is 16.2. The first kappa shape index (κ1) is 16.6. The summed E-state index contributed by atoms with van der Waals surface area (Å²) in [7, 11) is 0. The molecule has 0 saturated heterocycles. The van der Waals surface area contributed by atoms with Crippen LogP contribution in [0, 0.1) is 12.8 Å². The summed E-state index contributed by atoms with van der Waals surface area (Å²) in [4.78, 5) is 32.6. The molecule has 0 unspecified atom stereocenters. The molecule has 1 aromatic carbocycles. The molecule has 0 aliphatic carbocycles. The Morgan fingerprint density at radius 3 is 2.22 bits per heavy atom. The highest BCUT2D eigenvalue weighted by molar-refractivity contribution is 6.00. The lowest BCUT2D eigenvalue weighted by molar-refractivity contribution is -0.118. The second-order valence-corrected chi connectivity index (χ2v) is 5.62. The third-order valence-corrected chi connectivity index (χ3v) is 3.35. The minimum Gasteiger partial charge on any atom is -0.340 e. The smallest absolute Gasteiger partial charge is 0.251 e. The Labute approximate surface area is 135 Å². The average molecular weight is 312 g/mol. The summed E-state index contributed by atoms with van der Waals surface area (Å²) in [6, 6.07) is 8.18. The first-order valence-corrected chi connectivity index (χ1v) is 7.43. The molecule has 1 atom stereocenters. The number of hydrogen-bond donors (Lipinski definition) is 2. The van der Waals surface area contributed by atoms with Gasteiger partial charge < -0.3 is 5.32 Å². The number of nitrogens with one attached hydrogen (secondary N) is 2. The quantitative estimate of drug-likeness (QED) is 0.886. The van der Waals surface area contributed by atoms with Crippen molar-refractivity contribution in [1.29, 1.82) is 0 Å². The van der Waals surface area contributed by atoms with Gasteiger partial charge in [-0.2, -0.15) is 0 Å². The van der Waals surface area contributed by atoms with Gasteiger partial charge in [-0.15, -0.1) is 0 Å². The fourth-order valence-corrected chi connectivity index (χ4v) is 2.02. The fraction of sp³-hybridized carbons (Fsp3) is 0.294. The third kappa shape index (κ3) is 4.60. The molecule has 23 heavy (non-hydrogen) atoms. The fourth-order valence-electron chi connectivity index (χ4n) is 2.02. The van der Waals surface area contributed by atoms with Crippen LogP contribution in [0.2, 0.25) is 0 Å². The Kier molecular flexibility index (Phi) is 5.41. The van der Waals surface area contributed by atoms with E-state index in [4.69, 9.17) is 0 Å². The number of rotatable bonds is 5. The Hall–Kier alpha value is -2.76. The van der Waals surface area contributed by atoms with Crippen LogP contribution >= 0.6 is 0 Å². The van der Waals surface area contributed by atoms with E-state index in [9.17, 15) is 9.59 Å². The number of amides is 2. The number of aromatic nitrogens is 2. The minimum atomic E-state index is -0.674. The minimum absolute atomic E-state index is 0.0758. The van der Waals surface area contributed by atoms with Crippen molar-refractivity contribution in [3.05, 3.63) is 53.9 Å². The van der Waals surface area contributed by atoms with Crippen molar-refractivity contribution in [2.24, 2.45) is 5.92 Å². The molecule has 6 nitrogen and oxygen atoms in total. The van der Waals surface area contributed by atoms with E-state index in [0.717, 1.165) is 5.56 Å². The van der Waals surface area contributed by atoms with E-state index in [0.29, 0.717) is 5.56 Å². The van der Waals surface area contributed by atoms with Crippen molar-refractivity contribution in [1.82, 2.24) is 15.3 Å². The van der Waals surface area contributed by atoms with E-state index in [2.05, 4.69) is 20.6 Å². The number of nitrogens with zero attached hydrogens (tertiary/aromatic N) is 2. The molecule has 0 aliphatic heterocycles. The number of aryl methyl sites for hydroxylation is 1. The van der Waals surface area contributed by atoms with E-state index in [1.165, 1.54) is 12.4 Å². The molecule has 2 rings (SSSR count). The Morgan fingerprint density at radius 2 is 1.65 bits per heavy atom. The monoisotopic (exact) mass is 312 g/mol. The molecule has 0 aliphatic rings. The van der Waals surface area contributed by atoms with Gasteiger partial charge in [-0.05, 0) is 31.0 Å². The molecule has 0 saturated carbocycles. The lowest BCUT2D eigenvalue weighted by Gasteiger charge is -2.21. The summed E-state index contributed by atoms with van der Waals surface area (Å²) >= 11 is 0. The molecule has 6 heteroatoms. The zero-order valence-corrected chi connectivity index (χ0v) is 13.4. The van der Waals surface area contributed by atoms with Crippen molar-refractivity contribution >= 4 is 17.8 Å². The summed E-state index contributed by atoms with van der Waals surface area (Å²) in [6.45, 7) is 5.68. The molecule has 120 valence electrons. The molecule has 0 fully saturated rings. The molecule has 0 spiro atoms. The van der Waals surface area contributed by atoms with E-state index >= 15 is 0 Å². The molecule has 1 heterocycles. The number of hydrogen-bond acceptors (Lipinski definition) is 4. The molecule has 0 radical (unpaired) electrons. The lowest BCUT2D eigenvalue weighted by Crippen LogP contribution is -2.47. The predicted octanol–water partition coefficient (Wildman–Crippen LogP) is 2.18. The normalized spacial score (nSPS) is 11.8. The maximum absolute atomic E-state index is 12.4. The van der Waals surface area contributed by atoms with Gasteiger partial charge in [0.25, 0.3) is 5.91 Å². The van der Waals surface area contributed by atoms with E-state index in [-0.39, 0.29) is 23.7 Å². The van der Waals surface area contributed by atoms with Gasteiger partial charge >= 0.3 is 0 Å². The van der Waals surface area contributed by atoms with Crippen LogP contribution in [0.4, 0.5) is 5.95 Å². The van der Waals surface area contributed by atoms with Crippen LogP contribution in [0.5, 0.6) is 0 Å². The van der Waals surface area contributed by atoms with Gasteiger partial charge in [0, 0.05) is 18.0 Å². The Balaban J connectivity index is 2.07. The standard InChI is InChI=1S/C17H20N4O2/c1-11(2)14(16(23)21-17-18-9-4-10-19-17)20-15(22)13-7-5-12(3)6-8-13/h4-11,14H,1-3H3,(H,20,22)(H,18,19,21,23)/t14-/m1/s1. The molecule has 2 aromatic rings. The van der Waals surface area contributed by atoms with Crippen molar-refractivity contribution in [2.75, 3.05) is 5.32 Å². The van der Waals surface area contributed by atoms with Crippen LogP contribution in [0.25, 0.3) is 0 Å². The van der Waals surface area contributed by atoms with Gasteiger partial charge in [0.2, 0.25) is 11.9 Å². The summed E-state index contributed by atoms with van der Waals surface area (Å²) in [5.41, 5.74) is 1.59. The van der Waals surface area contributed by atoms with Gasteiger partial charge in [-0.1, -0.05) is 31.5 Å². The molecule has 1 aromatic heterocycles. The number of carbonyl (C=O) groups excluding carboxylic acids is 2. The number of anilines is 1. The summed E-state index contributed by atoms with van der Waals surface area (Å²) in [5.74, 6) is -0.486. The first-order valence-electron chi connectivity index (χ1n) is 7.43. The maximum atomic E-state index is 12.4.